The zero-order valence-electron chi connectivity index (χ0n) is 8.69. The van der Waals surface area contributed by atoms with E-state index in [1.54, 1.807) is 0 Å². The standard InChI is InChI=1S/C10H5Br2FN4O/c11-6-4-15-9(8(12)16-6)17-10(18)5-1-2-14-7(13)3-5/h1-4H,(H,15,17,18). The molecule has 0 radical (unpaired) electrons. The molecule has 1 N–H and O–H groups in total. The van der Waals surface area contributed by atoms with E-state index in [9.17, 15) is 9.18 Å². The molecule has 0 aromatic carbocycles. The molecular weight excluding hydrogens is 371 g/mol. The molecule has 0 unspecified atom stereocenters. The van der Waals surface area contributed by atoms with Gasteiger partial charge in [-0.25, -0.2) is 15.0 Å². The second kappa shape index (κ2) is 5.49. The van der Waals surface area contributed by atoms with Gasteiger partial charge in [0.15, 0.2) is 5.82 Å². The van der Waals surface area contributed by atoms with Crippen molar-refractivity contribution >= 4 is 43.6 Å². The smallest absolute Gasteiger partial charge is 0.257 e. The van der Waals surface area contributed by atoms with Gasteiger partial charge in [0, 0.05) is 17.8 Å². The number of nitrogens with one attached hydrogen (secondary N) is 1. The predicted molar refractivity (Wildman–Crippen MR) is 69.6 cm³/mol. The summed E-state index contributed by atoms with van der Waals surface area (Å²) < 4.78 is 13.8. The fourth-order valence-corrected chi connectivity index (χ4v) is 2.06. The number of carbonyl (C=O) groups excluding carboxylic acids is 1. The third-order valence-electron chi connectivity index (χ3n) is 1.92. The maximum Gasteiger partial charge on any atom is 0.257 e. The van der Waals surface area contributed by atoms with Crippen molar-refractivity contribution in [3.8, 4) is 0 Å². The lowest BCUT2D eigenvalue weighted by atomic mass is 10.2. The number of amides is 1. The Kier molecular flexibility index (Phi) is 3.97. The van der Waals surface area contributed by atoms with Crippen LogP contribution in [0.1, 0.15) is 10.4 Å². The van der Waals surface area contributed by atoms with Gasteiger partial charge >= 0.3 is 0 Å². The fourth-order valence-electron chi connectivity index (χ4n) is 1.15. The highest BCUT2D eigenvalue weighted by atomic mass is 79.9. The van der Waals surface area contributed by atoms with E-state index in [0.717, 1.165) is 6.07 Å². The highest BCUT2D eigenvalue weighted by Gasteiger charge is 2.11. The third-order valence-corrected chi connectivity index (χ3v) is 2.86. The summed E-state index contributed by atoms with van der Waals surface area (Å²) in [6.07, 6.45) is 2.65. The monoisotopic (exact) mass is 374 g/mol. The lowest BCUT2D eigenvalue weighted by Crippen LogP contribution is -2.14. The van der Waals surface area contributed by atoms with E-state index < -0.39 is 11.9 Å². The van der Waals surface area contributed by atoms with Gasteiger partial charge in [0.05, 0.1) is 6.20 Å². The van der Waals surface area contributed by atoms with Crippen molar-refractivity contribution in [2.75, 3.05) is 5.32 Å². The fraction of sp³-hybridized carbons (Fsp3) is 0. The summed E-state index contributed by atoms with van der Waals surface area (Å²) in [5.41, 5.74) is 0.152. The Balaban J connectivity index is 2.21. The third kappa shape index (κ3) is 3.08. The second-order valence-electron chi connectivity index (χ2n) is 3.15. The van der Waals surface area contributed by atoms with E-state index in [0.29, 0.717) is 9.21 Å². The van der Waals surface area contributed by atoms with Crippen LogP contribution < -0.4 is 5.32 Å². The second-order valence-corrected chi connectivity index (χ2v) is 4.72. The van der Waals surface area contributed by atoms with Gasteiger partial charge in [-0.1, -0.05) is 0 Å². The molecule has 0 aliphatic heterocycles. The average Bonchev–Trinajstić information content (AvgIpc) is 2.32. The number of hydrogen-bond donors (Lipinski definition) is 1. The number of anilines is 1. The van der Waals surface area contributed by atoms with Crippen LogP contribution in [0.25, 0.3) is 0 Å². The summed E-state index contributed by atoms with van der Waals surface area (Å²) >= 11 is 6.30. The molecule has 2 rings (SSSR count). The van der Waals surface area contributed by atoms with E-state index in [1.165, 1.54) is 18.5 Å². The molecule has 0 atom stereocenters. The number of rotatable bonds is 2. The maximum atomic E-state index is 12.9. The van der Waals surface area contributed by atoms with Gasteiger partial charge < -0.3 is 5.32 Å². The summed E-state index contributed by atoms with van der Waals surface area (Å²) in [5, 5.41) is 2.51. The maximum absolute atomic E-state index is 12.9. The molecule has 0 fully saturated rings. The largest absolute Gasteiger partial charge is 0.304 e. The molecular formula is C10H5Br2FN4O. The van der Waals surface area contributed by atoms with Gasteiger partial charge in [0.1, 0.15) is 9.21 Å². The first-order valence-electron chi connectivity index (χ1n) is 4.67. The minimum Gasteiger partial charge on any atom is -0.304 e. The molecule has 2 heterocycles. The van der Waals surface area contributed by atoms with Crippen LogP contribution in [0.15, 0.2) is 33.7 Å². The van der Waals surface area contributed by atoms with E-state index in [2.05, 4.69) is 52.1 Å². The molecule has 2 aromatic rings. The van der Waals surface area contributed by atoms with Crippen molar-refractivity contribution in [3.05, 3.63) is 45.2 Å². The molecule has 0 aliphatic carbocycles. The lowest BCUT2D eigenvalue weighted by Gasteiger charge is -2.05. The first-order valence-corrected chi connectivity index (χ1v) is 6.26. The van der Waals surface area contributed by atoms with Crippen LogP contribution in [-0.4, -0.2) is 20.9 Å². The highest BCUT2D eigenvalue weighted by molar-refractivity contribution is 9.11. The lowest BCUT2D eigenvalue weighted by molar-refractivity contribution is 0.102. The number of pyridine rings is 1. The zero-order valence-corrected chi connectivity index (χ0v) is 11.9. The molecule has 0 saturated carbocycles. The van der Waals surface area contributed by atoms with Gasteiger partial charge in [-0.15, -0.1) is 0 Å². The summed E-state index contributed by atoms with van der Waals surface area (Å²) in [6.45, 7) is 0. The molecule has 5 nitrogen and oxygen atoms in total. The highest BCUT2D eigenvalue weighted by Crippen LogP contribution is 2.19. The van der Waals surface area contributed by atoms with Gasteiger partial charge in [0.25, 0.3) is 5.91 Å². The van der Waals surface area contributed by atoms with Gasteiger partial charge in [0.2, 0.25) is 5.95 Å². The van der Waals surface area contributed by atoms with Crippen molar-refractivity contribution in [2.24, 2.45) is 0 Å². The minimum atomic E-state index is -0.719. The average molecular weight is 376 g/mol. The number of nitrogens with zero attached hydrogens (tertiary/aromatic N) is 3. The van der Waals surface area contributed by atoms with Crippen LogP contribution in [0.3, 0.4) is 0 Å². The van der Waals surface area contributed by atoms with E-state index in [1.807, 2.05) is 0 Å². The summed E-state index contributed by atoms with van der Waals surface area (Å²) in [7, 11) is 0. The van der Waals surface area contributed by atoms with Gasteiger partial charge in [-0.05, 0) is 37.9 Å². The van der Waals surface area contributed by atoms with Crippen LogP contribution in [0, 0.1) is 5.95 Å². The van der Waals surface area contributed by atoms with Crippen molar-refractivity contribution in [1.82, 2.24) is 15.0 Å². The van der Waals surface area contributed by atoms with Crippen LogP contribution in [-0.2, 0) is 0 Å². The Morgan fingerprint density at radius 1 is 1.33 bits per heavy atom. The van der Waals surface area contributed by atoms with Crippen molar-refractivity contribution < 1.29 is 9.18 Å². The Morgan fingerprint density at radius 3 is 2.78 bits per heavy atom. The molecule has 0 spiro atoms. The first-order chi connectivity index (χ1) is 8.56. The van der Waals surface area contributed by atoms with Crippen molar-refractivity contribution in [3.63, 3.8) is 0 Å². The normalized spacial score (nSPS) is 10.2. The Labute approximate surface area is 118 Å². The van der Waals surface area contributed by atoms with Crippen LogP contribution >= 0.6 is 31.9 Å². The van der Waals surface area contributed by atoms with Crippen LogP contribution in [0.4, 0.5) is 10.2 Å². The number of aromatic nitrogens is 3. The Hall–Kier alpha value is -1.41. The van der Waals surface area contributed by atoms with Crippen LogP contribution in [0.2, 0.25) is 0 Å². The topological polar surface area (TPSA) is 67.8 Å². The Morgan fingerprint density at radius 2 is 2.11 bits per heavy atom. The van der Waals surface area contributed by atoms with E-state index >= 15 is 0 Å². The Bertz CT molecular complexity index is 608. The van der Waals surface area contributed by atoms with Crippen molar-refractivity contribution in [1.29, 1.82) is 0 Å². The number of hydrogen-bond acceptors (Lipinski definition) is 4. The molecule has 8 heteroatoms. The minimum absolute atomic E-state index is 0.152. The molecule has 2 aromatic heterocycles. The van der Waals surface area contributed by atoms with Crippen LogP contribution in [0.5, 0.6) is 0 Å². The molecule has 18 heavy (non-hydrogen) atoms. The van der Waals surface area contributed by atoms with E-state index in [-0.39, 0.29) is 11.4 Å². The molecule has 1 amide bonds. The van der Waals surface area contributed by atoms with Gasteiger partial charge in [-0.3, -0.25) is 4.79 Å². The molecule has 92 valence electrons. The molecule has 0 saturated heterocycles. The zero-order chi connectivity index (χ0) is 13.1. The predicted octanol–water partition coefficient (Wildman–Crippen LogP) is 2.79. The summed E-state index contributed by atoms with van der Waals surface area (Å²) in [4.78, 5) is 23.1. The summed E-state index contributed by atoms with van der Waals surface area (Å²) in [5.74, 6) is -0.961. The van der Waals surface area contributed by atoms with Gasteiger partial charge in [-0.2, -0.15) is 4.39 Å². The summed E-state index contributed by atoms with van der Waals surface area (Å²) in [6, 6.07) is 2.44. The number of carbonyl (C=O) groups is 1. The number of halogens is 3. The SMILES string of the molecule is O=C(Nc1ncc(Br)nc1Br)c1ccnc(F)c1. The molecule has 0 bridgehead atoms. The van der Waals surface area contributed by atoms with E-state index in [4.69, 9.17) is 0 Å². The van der Waals surface area contributed by atoms with Crippen molar-refractivity contribution in [2.45, 2.75) is 0 Å². The molecule has 0 aliphatic rings. The quantitative estimate of drug-likeness (QED) is 0.819. The first kappa shape index (κ1) is 13.0.